The molecule has 1 fully saturated rings. The van der Waals surface area contributed by atoms with Crippen molar-refractivity contribution in [1.82, 2.24) is 20.4 Å². The molecule has 0 aliphatic carbocycles. The Kier molecular flexibility index (Phi) is 7.11. The summed E-state index contributed by atoms with van der Waals surface area (Å²) in [5.74, 6) is 2.33. The van der Waals surface area contributed by atoms with Gasteiger partial charge in [-0.2, -0.15) is 4.98 Å². The minimum atomic E-state index is 0. The summed E-state index contributed by atoms with van der Waals surface area (Å²) in [5.41, 5.74) is 0. The van der Waals surface area contributed by atoms with E-state index in [1.165, 1.54) is 12.8 Å². The second-order valence-corrected chi connectivity index (χ2v) is 5.75. The highest BCUT2D eigenvalue weighted by molar-refractivity contribution is 5.85. The van der Waals surface area contributed by atoms with Gasteiger partial charge in [0.2, 0.25) is 11.8 Å². The summed E-state index contributed by atoms with van der Waals surface area (Å²) < 4.78 is 4.92. The van der Waals surface area contributed by atoms with Crippen molar-refractivity contribution in [3.63, 3.8) is 0 Å². The monoisotopic (exact) mass is 316 g/mol. The molecular formula is C14H25ClN4O2. The first-order valence-corrected chi connectivity index (χ1v) is 7.30. The van der Waals surface area contributed by atoms with E-state index in [-0.39, 0.29) is 18.3 Å². The lowest BCUT2D eigenvalue weighted by Crippen LogP contribution is -2.34. The van der Waals surface area contributed by atoms with Crippen LogP contribution >= 0.6 is 12.4 Å². The molecular weight excluding hydrogens is 292 g/mol. The van der Waals surface area contributed by atoms with Crippen LogP contribution in [0.4, 0.5) is 0 Å². The highest BCUT2D eigenvalue weighted by Gasteiger charge is 2.23. The third-order valence-corrected chi connectivity index (χ3v) is 4.06. The van der Waals surface area contributed by atoms with Crippen molar-refractivity contribution in [2.45, 2.75) is 39.7 Å². The third kappa shape index (κ3) is 5.28. The van der Waals surface area contributed by atoms with Gasteiger partial charge in [-0.25, -0.2) is 0 Å². The van der Waals surface area contributed by atoms with Crippen LogP contribution in [0.15, 0.2) is 4.52 Å². The molecule has 1 unspecified atom stereocenters. The Morgan fingerprint density at radius 2 is 2.14 bits per heavy atom. The summed E-state index contributed by atoms with van der Waals surface area (Å²) in [6.45, 7) is 6.48. The molecule has 1 aliphatic rings. The zero-order valence-corrected chi connectivity index (χ0v) is 13.8. The maximum atomic E-state index is 12.2. The normalized spacial score (nSPS) is 17.1. The van der Waals surface area contributed by atoms with Gasteiger partial charge in [0.25, 0.3) is 0 Å². The number of amides is 1. The number of halogens is 1. The number of carbonyl (C=O) groups excluding carboxylic acids is 1. The lowest BCUT2D eigenvalue weighted by Gasteiger charge is -2.29. The minimum Gasteiger partial charge on any atom is -0.340 e. The fourth-order valence-electron chi connectivity index (χ4n) is 2.72. The van der Waals surface area contributed by atoms with E-state index in [9.17, 15) is 4.79 Å². The Balaban J connectivity index is 0.00000220. The zero-order chi connectivity index (χ0) is 14.5. The molecule has 1 aromatic rings. The molecule has 0 saturated carbocycles. The molecule has 2 heterocycles. The smallest absolute Gasteiger partial charge is 0.223 e. The number of nitrogens with one attached hydrogen (secondary N) is 1. The molecule has 1 amide bonds. The van der Waals surface area contributed by atoms with E-state index < -0.39 is 0 Å². The Morgan fingerprint density at radius 1 is 1.48 bits per heavy atom. The van der Waals surface area contributed by atoms with Gasteiger partial charge in [-0.3, -0.25) is 4.79 Å². The summed E-state index contributed by atoms with van der Waals surface area (Å²) in [5, 5.41) is 7.18. The van der Waals surface area contributed by atoms with Crippen LogP contribution in [-0.2, 0) is 11.3 Å². The summed E-state index contributed by atoms with van der Waals surface area (Å²) in [4.78, 5) is 18.0. The summed E-state index contributed by atoms with van der Waals surface area (Å²) in [7, 11) is 1.79. The van der Waals surface area contributed by atoms with Crippen molar-refractivity contribution >= 4 is 18.3 Å². The van der Waals surface area contributed by atoms with Crippen LogP contribution in [0.3, 0.4) is 0 Å². The maximum absolute atomic E-state index is 12.2. The first kappa shape index (κ1) is 17.9. The van der Waals surface area contributed by atoms with Gasteiger partial charge in [-0.15, -0.1) is 12.4 Å². The molecule has 6 nitrogen and oxygen atoms in total. The number of hydrogen-bond donors (Lipinski definition) is 1. The largest absolute Gasteiger partial charge is 0.340 e. The van der Waals surface area contributed by atoms with Crippen LogP contribution in [0.5, 0.6) is 0 Å². The van der Waals surface area contributed by atoms with Gasteiger partial charge in [0.05, 0.1) is 6.54 Å². The molecule has 1 saturated heterocycles. The van der Waals surface area contributed by atoms with Crippen LogP contribution in [-0.4, -0.2) is 41.1 Å². The molecule has 1 N–H and O–H groups in total. The molecule has 120 valence electrons. The van der Waals surface area contributed by atoms with E-state index in [0.717, 1.165) is 13.1 Å². The lowest BCUT2D eigenvalue weighted by atomic mass is 9.84. The first-order chi connectivity index (χ1) is 9.56. The average molecular weight is 317 g/mol. The van der Waals surface area contributed by atoms with Gasteiger partial charge >= 0.3 is 0 Å². The van der Waals surface area contributed by atoms with Crippen LogP contribution in [0, 0.1) is 18.8 Å². The number of carbonyl (C=O) groups is 1. The van der Waals surface area contributed by atoms with Crippen LogP contribution < -0.4 is 5.32 Å². The van der Waals surface area contributed by atoms with Gasteiger partial charge in [0.1, 0.15) is 0 Å². The number of piperidine rings is 1. The molecule has 0 radical (unpaired) electrons. The highest BCUT2D eigenvalue weighted by atomic mass is 35.5. The summed E-state index contributed by atoms with van der Waals surface area (Å²) >= 11 is 0. The van der Waals surface area contributed by atoms with Crippen molar-refractivity contribution in [1.29, 1.82) is 0 Å². The Labute approximate surface area is 132 Å². The molecule has 1 aromatic heterocycles. The van der Waals surface area contributed by atoms with Crippen molar-refractivity contribution in [3.8, 4) is 0 Å². The van der Waals surface area contributed by atoms with Gasteiger partial charge in [0, 0.05) is 20.4 Å². The summed E-state index contributed by atoms with van der Waals surface area (Å²) in [6, 6.07) is 0. The number of aryl methyl sites for hydroxylation is 1. The van der Waals surface area contributed by atoms with Gasteiger partial charge in [-0.1, -0.05) is 12.1 Å². The second-order valence-electron chi connectivity index (χ2n) is 5.75. The van der Waals surface area contributed by atoms with Crippen molar-refractivity contribution in [2.75, 3.05) is 20.1 Å². The first-order valence-electron chi connectivity index (χ1n) is 7.30. The molecule has 7 heteroatoms. The number of rotatable bonds is 5. The number of nitrogens with zero attached hydrogens (tertiary/aromatic N) is 3. The summed E-state index contributed by atoms with van der Waals surface area (Å²) in [6.07, 6.45) is 2.93. The van der Waals surface area contributed by atoms with Crippen molar-refractivity contribution in [3.05, 3.63) is 11.7 Å². The van der Waals surface area contributed by atoms with Crippen LogP contribution in [0.25, 0.3) is 0 Å². The van der Waals surface area contributed by atoms with Crippen LogP contribution in [0.2, 0.25) is 0 Å². The van der Waals surface area contributed by atoms with Gasteiger partial charge in [0.15, 0.2) is 5.82 Å². The Morgan fingerprint density at radius 3 is 2.71 bits per heavy atom. The topological polar surface area (TPSA) is 71.3 Å². The SMILES string of the molecule is Cc1nc(CN(C)C(=O)CC(C)C2CCNCC2)no1.Cl. The molecule has 0 spiro atoms. The zero-order valence-electron chi connectivity index (χ0n) is 13.0. The second kappa shape index (κ2) is 8.34. The average Bonchev–Trinajstić information content (AvgIpc) is 2.85. The van der Waals surface area contributed by atoms with Gasteiger partial charge < -0.3 is 14.7 Å². The van der Waals surface area contributed by atoms with E-state index in [1.807, 2.05) is 0 Å². The molecule has 0 bridgehead atoms. The molecule has 1 aliphatic heterocycles. The number of aromatic nitrogens is 2. The maximum Gasteiger partial charge on any atom is 0.223 e. The van der Waals surface area contributed by atoms with E-state index in [4.69, 9.17) is 4.52 Å². The fraction of sp³-hybridized carbons (Fsp3) is 0.786. The Bertz CT molecular complexity index is 446. The van der Waals surface area contributed by atoms with E-state index in [1.54, 1.807) is 18.9 Å². The fourth-order valence-corrected chi connectivity index (χ4v) is 2.72. The molecule has 2 rings (SSSR count). The van der Waals surface area contributed by atoms with E-state index in [2.05, 4.69) is 22.4 Å². The van der Waals surface area contributed by atoms with Gasteiger partial charge in [-0.05, 0) is 37.8 Å². The van der Waals surface area contributed by atoms with E-state index in [0.29, 0.717) is 36.5 Å². The predicted octanol–water partition coefficient (Wildman–Crippen LogP) is 1.78. The Hall–Kier alpha value is -1.14. The van der Waals surface area contributed by atoms with E-state index >= 15 is 0 Å². The van der Waals surface area contributed by atoms with Crippen molar-refractivity contribution < 1.29 is 9.32 Å². The molecule has 0 aromatic carbocycles. The molecule has 1 atom stereocenters. The molecule has 21 heavy (non-hydrogen) atoms. The standard InChI is InChI=1S/C14H24N4O2.ClH/c1-10(12-4-6-15-7-5-12)8-14(19)18(3)9-13-16-11(2)20-17-13;/h10,12,15H,4-9H2,1-3H3;1H. The minimum absolute atomic E-state index is 0. The highest BCUT2D eigenvalue weighted by Crippen LogP contribution is 2.24. The lowest BCUT2D eigenvalue weighted by molar-refractivity contribution is -0.131. The quantitative estimate of drug-likeness (QED) is 0.896. The third-order valence-electron chi connectivity index (χ3n) is 4.06. The van der Waals surface area contributed by atoms with Crippen LogP contribution in [0.1, 0.15) is 37.9 Å². The number of hydrogen-bond acceptors (Lipinski definition) is 5. The van der Waals surface area contributed by atoms with Crippen molar-refractivity contribution in [2.24, 2.45) is 11.8 Å². The predicted molar refractivity (Wildman–Crippen MR) is 82.1 cm³/mol.